The Labute approximate surface area is 132 Å². The van der Waals surface area contributed by atoms with Gasteiger partial charge in [-0.3, -0.25) is 0 Å². The molecule has 0 unspecified atom stereocenters. The van der Waals surface area contributed by atoms with E-state index in [-0.39, 0.29) is 11.6 Å². The number of aliphatic hydroxyl groups is 1. The molecule has 0 radical (unpaired) electrons. The number of rotatable bonds is 7. The lowest BCUT2D eigenvalue weighted by Gasteiger charge is -2.24. The van der Waals surface area contributed by atoms with Crippen LogP contribution in [0, 0.1) is 0 Å². The van der Waals surface area contributed by atoms with Crippen molar-refractivity contribution in [1.29, 1.82) is 0 Å². The minimum atomic E-state index is -0.540. The average Bonchev–Trinajstić information content (AvgIpc) is 3.35. The second-order valence-electron chi connectivity index (χ2n) is 6.25. The SMILES string of the molecule is N[C@@H](Cc1ccccc1)[C@H](O)CNC1(c2ccccc2)CC1. The van der Waals surface area contributed by atoms with Crippen LogP contribution < -0.4 is 11.1 Å². The lowest BCUT2D eigenvalue weighted by molar-refractivity contribution is 0.136. The van der Waals surface area contributed by atoms with Crippen molar-refractivity contribution in [3.8, 4) is 0 Å². The Bertz CT molecular complexity index is 581. The molecule has 0 spiro atoms. The van der Waals surface area contributed by atoms with Gasteiger partial charge in [0.2, 0.25) is 0 Å². The number of hydrogen-bond acceptors (Lipinski definition) is 3. The van der Waals surface area contributed by atoms with E-state index >= 15 is 0 Å². The Hall–Kier alpha value is -1.68. The Morgan fingerprint density at radius 1 is 1.00 bits per heavy atom. The average molecular weight is 296 g/mol. The highest BCUT2D eigenvalue weighted by atomic mass is 16.3. The first-order valence-electron chi connectivity index (χ1n) is 7.98. The molecule has 0 heterocycles. The summed E-state index contributed by atoms with van der Waals surface area (Å²) in [5, 5.41) is 13.9. The molecule has 22 heavy (non-hydrogen) atoms. The molecule has 2 atom stereocenters. The number of benzene rings is 2. The molecule has 1 aliphatic carbocycles. The molecule has 0 aromatic heterocycles. The molecule has 1 aliphatic rings. The molecule has 3 rings (SSSR count). The fourth-order valence-electron chi connectivity index (χ4n) is 2.92. The van der Waals surface area contributed by atoms with Gasteiger partial charge in [0.05, 0.1) is 6.10 Å². The second kappa shape index (κ2) is 6.61. The number of aliphatic hydroxyl groups excluding tert-OH is 1. The molecule has 2 aromatic carbocycles. The van der Waals surface area contributed by atoms with Gasteiger partial charge in [-0.15, -0.1) is 0 Å². The zero-order valence-electron chi connectivity index (χ0n) is 12.8. The maximum absolute atomic E-state index is 10.3. The van der Waals surface area contributed by atoms with E-state index in [0.29, 0.717) is 13.0 Å². The Morgan fingerprint density at radius 2 is 1.59 bits per heavy atom. The maximum atomic E-state index is 10.3. The molecule has 0 bridgehead atoms. The van der Waals surface area contributed by atoms with Crippen LogP contribution in [0.3, 0.4) is 0 Å². The van der Waals surface area contributed by atoms with Crippen LogP contribution >= 0.6 is 0 Å². The minimum Gasteiger partial charge on any atom is -0.390 e. The van der Waals surface area contributed by atoms with Gasteiger partial charge in [0, 0.05) is 18.1 Å². The summed E-state index contributed by atoms with van der Waals surface area (Å²) in [6, 6.07) is 20.3. The lowest BCUT2D eigenvalue weighted by Crippen LogP contribution is -2.45. The molecule has 3 heteroatoms. The van der Waals surface area contributed by atoms with Crippen LogP contribution in [0.5, 0.6) is 0 Å². The zero-order valence-corrected chi connectivity index (χ0v) is 12.8. The fraction of sp³-hybridized carbons (Fsp3) is 0.368. The summed E-state index contributed by atoms with van der Waals surface area (Å²) in [5.74, 6) is 0. The molecule has 116 valence electrons. The van der Waals surface area contributed by atoms with Crippen LogP contribution in [0.15, 0.2) is 60.7 Å². The Balaban J connectivity index is 1.53. The second-order valence-corrected chi connectivity index (χ2v) is 6.25. The monoisotopic (exact) mass is 296 g/mol. The van der Waals surface area contributed by atoms with Crippen molar-refractivity contribution in [2.75, 3.05) is 6.54 Å². The molecule has 3 nitrogen and oxygen atoms in total. The van der Waals surface area contributed by atoms with E-state index in [1.54, 1.807) is 0 Å². The van der Waals surface area contributed by atoms with Gasteiger partial charge in [-0.25, -0.2) is 0 Å². The summed E-state index contributed by atoms with van der Waals surface area (Å²) < 4.78 is 0. The highest BCUT2D eigenvalue weighted by molar-refractivity contribution is 5.30. The van der Waals surface area contributed by atoms with Gasteiger partial charge < -0.3 is 16.2 Å². The van der Waals surface area contributed by atoms with Gasteiger partial charge in [0.1, 0.15) is 0 Å². The van der Waals surface area contributed by atoms with Gasteiger partial charge in [-0.2, -0.15) is 0 Å². The molecule has 1 saturated carbocycles. The van der Waals surface area contributed by atoms with E-state index in [1.165, 1.54) is 11.1 Å². The molecule has 0 amide bonds. The highest BCUT2D eigenvalue weighted by Gasteiger charge is 2.44. The van der Waals surface area contributed by atoms with Crippen molar-refractivity contribution in [3.63, 3.8) is 0 Å². The van der Waals surface area contributed by atoms with Gasteiger partial charge in [0.25, 0.3) is 0 Å². The summed E-state index contributed by atoms with van der Waals surface area (Å²) in [6.07, 6.45) is 2.40. The van der Waals surface area contributed by atoms with Gasteiger partial charge in [-0.05, 0) is 30.4 Å². The Kier molecular flexibility index (Phi) is 4.57. The molecule has 0 aliphatic heterocycles. The topological polar surface area (TPSA) is 58.3 Å². The van der Waals surface area contributed by atoms with Gasteiger partial charge in [-0.1, -0.05) is 60.7 Å². The Morgan fingerprint density at radius 3 is 2.18 bits per heavy atom. The van der Waals surface area contributed by atoms with Crippen molar-refractivity contribution >= 4 is 0 Å². The first-order chi connectivity index (χ1) is 10.7. The van der Waals surface area contributed by atoms with Crippen molar-refractivity contribution in [2.24, 2.45) is 5.73 Å². The fourth-order valence-corrected chi connectivity index (χ4v) is 2.92. The van der Waals surface area contributed by atoms with Crippen LogP contribution in [0.25, 0.3) is 0 Å². The maximum Gasteiger partial charge on any atom is 0.0818 e. The smallest absolute Gasteiger partial charge is 0.0818 e. The minimum absolute atomic E-state index is 0.0503. The van der Waals surface area contributed by atoms with E-state index in [9.17, 15) is 5.11 Å². The van der Waals surface area contributed by atoms with Gasteiger partial charge >= 0.3 is 0 Å². The third-order valence-electron chi connectivity index (χ3n) is 4.53. The molecular formula is C19H24N2O. The first kappa shape index (κ1) is 15.2. The van der Waals surface area contributed by atoms with E-state index in [0.717, 1.165) is 12.8 Å². The van der Waals surface area contributed by atoms with Crippen LogP contribution in [0.1, 0.15) is 24.0 Å². The van der Waals surface area contributed by atoms with Crippen LogP contribution in [0.2, 0.25) is 0 Å². The van der Waals surface area contributed by atoms with E-state index in [1.807, 2.05) is 36.4 Å². The number of hydrogen-bond donors (Lipinski definition) is 3. The standard InChI is InChI=1S/C19H24N2O/c20-17(13-15-7-3-1-4-8-15)18(22)14-21-19(11-12-19)16-9-5-2-6-10-16/h1-10,17-18,21-22H,11-14,20H2/t17-,18+/m0/s1. The summed E-state index contributed by atoms with van der Waals surface area (Å²) in [6.45, 7) is 0.531. The third-order valence-corrected chi connectivity index (χ3v) is 4.53. The van der Waals surface area contributed by atoms with E-state index < -0.39 is 6.10 Å². The van der Waals surface area contributed by atoms with Crippen molar-refractivity contribution in [1.82, 2.24) is 5.32 Å². The summed E-state index contributed by atoms with van der Waals surface area (Å²) in [5.41, 5.74) is 8.67. The number of nitrogens with two attached hydrogens (primary N) is 1. The summed E-state index contributed by atoms with van der Waals surface area (Å²) in [7, 11) is 0. The third kappa shape index (κ3) is 3.55. The molecule has 0 saturated heterocycles. The largest absolute Gasteiger partial charge is 0.390 e. The predicted molar refractivity (Wildman–Crippen MR) is 89.5 cm³/mol. The predicted octanol–water partition coefficient (Wildman–Crippen LogP) is 2.20. The van der Waals surface area contributed by atoms with Crippen molar-refractivity contribution < 1.29 is 5.11 Å². The van der Waals surface area contributed by atoms with Crippen LogP contribution in [0.4, 0.5) is 0 Å². The summed E-state index contributed by atoms with van der Waals surface area (Å²) in [4.78, 5) is 0. The highest BCUT2D eigenvalue weighted by Crippen LogP contribution is 2.45. The van der Waals surface area contributed by atoms with Crippen molar-refractivity contribution in [3.05, 3.63) is 71.8 Å². The number of nitrogens with one attached hydrogen (secondary N) is 1. The summed E-state index contributed by atoms with van der Waals surface area (Å²) >= 11 is 0. The molecule has 2 aromatic rings. The van der Waals surface area contributed by atoms with E-state index in [4.69, 9.17) is 5.73 Å². The molecular weight excluding hydrogens is 272 g/mol. The van der Waals surface area contributed by atoms with Crippen molar-refractivity contribution in [2.45, 2.75) is 36.9 Å². The van der Waals surface area contributed by atoms with Crippen LogP contribution in [-0.4, -0.2) is 23.8 Å². The zero-order chi connectivity index (χ0) is 15.4. The van der Waals surface area contributed by atoms with E-state index in [2.05, 4.69) is 29.6 Å². The lowest BCUT2D eigenvalue weighted by atomic mass is 10.0. The first-order valence-corrected chi connectivity index (χ1v) is 7.98. The quantitative estimate of drug-likeness (QED) is 0.734. The normalized spacial score (nSPS) is 18.6. The van der Waals surface area contributed by atoms with Crippen LogP contribution in [-0.2, 0) is 12.0 Å². The van der Waals surface area contributed by atoms with Gasteiger partial charge in [0.15, 0.2) is 0 Å². The molecule has 1 fully saturated rings. The molecule has 4 N–H and O–H groups in total.